The number of carbonyl (C=O) groups is 2. The Hall–Kier alpha value is -3.43. The zero-order chi connectivity index (χ0) is 28.9. The summed E-state index contributed by atoms with van der Waals surface area (Å²) >= 11 is 0. The first-order chi connectivity index (χ1) is 17.3. The Morgan fingerprint density at radius 1 is 0.730 bits per heavy atom. The monoisotopic (exact) mass is 530 g/mol. The quantitative estimate of drug-likeness (QED) is 0.404. The maximum Gasteiger partial charge on any atom is 0.573 e. The number of para-hydroxylation sites is 1. The molecule has 2 amide bonds. The van der Waals surface area contributed by atoms with E-state index in [1.54, 1.807) is 12.1 Å². The maximum atomic E-state index is 11.8. The molecule has 0 saturated carbocycles. The number of ether oxygens (including phenoxy) is 3. The number of methoxy groups -OCH3 is 2. The zero-order valence-electron chi connectivity index (χ0n) is 22.9. The van der Waals surface area contributed by atoms with E-state index >= 15 is 0 Å². The lowest BCUT2D eigenvalue weighted by molar-refractivity contribution is -0.274. The lowest BCUT2D eigenvalue weighted by Gasteiger charge is -2.09. The van der Waals surface area contributed by atoms with Gasteiger partial charge in [-0.2, -0.15) is 0 Å². The van der Waals surface area contributed by atoms with Crippen molar-refractivity contribution in [1.82, 2.24) is 0 Å². The van der Waals surface area contributed by atoms with Crippen molar-refractivity contribution < 1.29 is 37.0 Å². The molecule has 0 aliphatic heterocycles. The van der Waals surface area contributed by atoms with Crippen LogP contribution in [0.3, 0.4) is 0 Å². The van der Waals surface area contributed by atoms with Gasteiger partial charge < -0.3 is 14.2 Å². The molecule has 0 radical (unpaired) electrons. The first-order valence-electron chi connectivity index (χ1n) is 11.9. The third-order valence-electron chi connectivity index (χ3n) is 4.36. The minimum atomic E-state index is -4.72. The second-order valence-electron chi connectivity index (χ2n) is 8.28. The standard InChI is InChI=1S/C9H8F3NO3.C8H9NO2.2C5H12/c1-15-8(14)13-6-2-4-7(5-3-6)16-9(10,11)12;1-11-8(10)9-7-5-3-2-4-6-7;2*1-4-5(2)3/h2-5H,1H3,(H,13,14);2-6H,1H3,(H,9,10);2*5H,4H2,1-3H3. The van der Waals surface area contributed by atoms with E-state index in [1.807, 2.05) is 18.2 Å². The molecular formula is C27H41F3N2O5. The molecule has 10 heteroatoms. The maximum absolute atomic E-state index is 11.8. The van der Waals surface area contributed by atoms with E-state index in [2.05, 4.69) is 66.4 Å². The fourth-order valence-electron chi connectivity index (χ4n) is 1.60. The van der Waals surface area contributed by atoms with Crippen molar-refractivity contribution in [3.8, 4) is 5.75 Å². The van der Waals surface area contributed by atoms with Gasteiger partial charge in [0.15, 0.2) is 0 Å². The molecule has 210 valence electrons. The minimum absolute atomic E-state index is 0.307. The van der Waals surface area contributed by atoms with E-state index in [0.29, 0.717) is 5.69 Å². The molecule has 0 saturated heterocycles. The summed E-state index contributed by atoms with van der Waals surface area (Å²) in [6, 6.07) is 13.8. The lowest BCUT2D eigenvalue weighted by Crippen LogP contribution is -2.17. The Morgan fingerprint density at radius 2 is 1.08 bits per heavy atom. The summed E-state index contributed by atoms with van der Waals surface area (Å²) in [6.45, 7) is 13.3. The third kappa shape index (κ3) is 24.1. The van der Waals surface area contributed by atoms with Gasteiger partial charge in [0.2, 0.25) is 0 Å². The lowest BCUT2D eigenvalue weighted by atomic mass is 10.2. The fourth-order valence-corrected chi connectivity index (χ4v) is 1.60. The molecule has 7 nitrogen and oxygen atoms in total. The summed E-state index contributed by atoms with van der Waals surface area (Å²) < 4.78 is 47.7. The van der Waals surface area contributed by atoms with Crippen LogP contribution in [0.4, 0.5) is 34.1 Å². The molecule has 0 bridgehead atoms. The summed E-state index contributed by atoms with van der Waals surface area (Å²) in [5.41, 5.74) is 1.04. The molecule has 0 fully saturated rings. The fraction of sp³-hybridized carbons (Fsp3) is 0.481. The number of anilines is 2. The summed E-state index contributed by atoms with van der Waals surface area (Å²) in [4.78, 5) is 21.4. The minimum Gasteiger partial charge on any atom is -0.453 e. The zero-order valence-corrected chi connectivity index (χ0v) is 22.9. The molecule has 37 heavy (non-hydrogen) atoms. The van der Waals surface area contributed by atoms with Crippen molar-refractivity contribution in [1.29, 1.82) is 0 Å². The highest BCUT2D eigenvalue weighted by Crippen LogP contribution is 2.23. The summed E-state index contributed by atoms with van der Waals surface area (Å²) in [5.74, 6) is 1.41. The van der Waals surface area contributed by atoms with E-state index in [0.717, 1.165) is 29.7 Å². The number of benzene rings is 2. The third-order valence-corrected chi connectivity index (χ3v) is 4.36. The van der Waals surface area contributed by atoms with Crippen LogP contribution in [0.5, 0.6) is 5.75 Å². The topological polar surface area (TPSA) is 85.9 Å². The first-order valence-corrected chi connectivity index (χ1v) is 11.9. The van der Waals surface area contributed by atoms with E-state index in [9.17, 15) is 22.8 Å². The molecule has 0 heterocycles. The molecule has 0 aliphatic rings. The molecule has 0 atom stereocenters. The van der Waals surface area contributed by atoms with E-state index in [1.165, 1.54) is 39.2 Å². The number of hydrogen-bond donors (Lipinski definition) is 2. The van der Waals surface area contributed by atoms with Crippen LogP contribution in [0.15, 0.2) is 54.6 Å². The van der Waals surface area contributed by atoms with Crippen molar-refractivity contribution in [2.24, 2.45) is 11.8 Å². The van der Waals surface area contributed by atoms with Gasteiger partial charge in [-0.1, -0.05) is 72.6 Å². The number of nitrogens with one attached hydrogen (secondary N) is 2. The molecule has 2 N–H and O–H groups in total. The van der Waals surface area contributed by atoms with Crippen molar-refractivity contribution in [2.45, 2.75) is 60.7 Å². The Bertz CT molecular complexity index is 835. The van der Waals surface area contributed by atoms with Crippen molar-refractivity contribution >= 4 is 23.6 Å². The van der Waals surface area contributed by atoms with Gasteiger partial charge >= 0.3 is 18.5 Å². The van der Waals surface area contributed by atoms with Crippen LogP contribution in [0.1, 0.15) is 54.4 Å². The number of hydrogen-bond acceptors (Lipinski definition) is 5. The SMILES string of the molecule is CCC(C)C.CCC(C)C.COC(=O)Nc1ccc(OC(F)(F)F)cc1.COC(=O)Nc1ccccc1. The van der Waals surface area contributed by atoms with Gasteiger partial charge in [-0.15, -0.1) is 13.2 Å². The van der Waals surface area contributed by atoms with Gasteiger partial charge in [-0.25, -0.2) is 9.59 Å². The van der Waals surface area contributed by atoms with Gasteiger partial charge in [-0.3, -0.25) is 10.6 Å². The van der Waals surface area contributed by atoms with Crippen LogP contribution in [0.25, 0.3) is 0 Å². The van der Waals surface area contributed by atoms with Gasteiger partial charge in [0, 0.05) is 11.4 Å². The van der Waals surface area contributed by atoms with Crippen LogP contribution in [-0.2, 0) is 9.47 Å². The van der Waals surface area contributed by atoms with Gasteiger partial charge in [0.25, 0.3) is 0 Å². The molecule has 0 aliphatic carbocycles. The molecule has 0 unspecified atom stereocenters. The Kier molecular flexibility index (Phi) is 20.0. The highest BCUT2D eigenvalue weighted by Gasteiger charge is 2.30. The van der Waals surface area contributed by atoms with Crippen LogP contribution in [0, 0.1) is 11.8 Å². The van der Waals surface area contributed by atoms with Crippen molar-refractivity contribution in [3.63, 3.8) is 0 Å². The molecule has 2 rings (SSSR count). The number of carbonyl (C=O) groups excluding carboxylic acids is 2. The number of halogens is 3. The second-order valence-corrected chi connectivity index (χ2v) is 8.28. The van der Waals surface area contributed by atoms with E-state index in [4.69, 9.17) is 0 Å². The molecule has 0 aromatic heterocycles. The average molecular weight is 531 g/mol. The predicted molar refractivity (Wildman–Crippen MR) is 142 cm³/mol. The molecular weight excluding hydrogens is 489 g/mol. The molecule has 2 aromatic carbocycles. The Balaban J connectivity index is 0. The predicted octanol–water partition coefficient (Wildman–Crippen LogP) is 8.73. The summed E-state index contributed by atoms with van der Waals surface area (Å²) in [6.07, 6.45) is -3.27. The smallest absolute Gasteiger partial charge is 0.453 e. The van der Waals surface area contributed by atoms with Gasteiger partial charge in [-0.05, 0) is 48.2 Å². The Morgan fingerprint density at radius 3 is 1.38 bits per heavy atom. The van der Waals surface area contributed by atoms with Crippen LogP contribution in [-0.4, -0.2) is 32.8 Å². The van der Waals surface area contributed by atoms with E-state index < -0.39 is 18.5 Å². The van der Waals surface area contributed by atoms with Crippen LogP contribution in [0.2, 0.25) is 0 Å². The average Bonchev–Trinajstić information content (AvgIpc) is 2.85. The molecule has 2 aromatic rings. The van der Waals surface area contributed by atoms with Crippen LogP contribution < -0.4 is 15.4 Å². The number of amides is 2. The Labute approximate surface area is 218 Å². The first kappa shape index (κ1) is 35.7. The van der Waals surface area contributed by atoms with Crippen molar-refractivity contribution in [3.05, 3.63) is 54.6 Å². The van der Waals surface area contributed by atoms with Crippen LogP contribution >= 0.6 is 0 Å². The summed E-state index contributed by atoms with van der Waals surface area (Å²) in [7, 11) is 2.51. The number of rotatable bonds is 5. The second kappa shape index (κ2) is 20.7. The van der Waals surface area contributed by atoms with Gasteiger partial charge in [0.05, 0.1) is 14.2 Å². The molecule has 0 spiro atoms. The summed E-state index contributed by atoms with van der Waals surface area (Å²) in [5, 5.41) is 4.81. The number of alkyl halides is 3. The van der Waals surface area contributed by atoms with Gasteiger partial charge in [0.1, 0.15) is 5.75 Å². The van der Waals surface area contributed by atoms with Crippen molar-refractivity contribution in [2.75, 3.05) is 24.9 Å². The van der Waals surface area contributed by atoms with E-state index in [-0.39, 0.29) is 5.75 Å². The highest BCUT2D eigenvalue weighted by atomic mass is 19.4. The largest absolute Gasteiger partial charge is 0.573 e. The highest BCUT2D eigenvalue weighted by molar-refractivity contribution is 5.84. The normalized spacial score (nSPS) is 9.86.